The summed E-state index contributed by atoms with van der Waals surface area (Å²) in [6, 6.07) is 12.7. The Balaban J connectivity index is 1.56. The van der Waals surface area contributed by atoms with Crippen molar-refractivity contribution < 1.29 is 18.8 Å². The molecule has 2 atom stereocenters. The number of hydrogen-bond donors (Lipinski definition) is 2. The summed E-state index contributed by atoms with van der Waals surface area (Å²) in [7, 11) is 0. The van der Waals surface area contributed by atoms with Gasteiger partial charge in [0.1, 0.15) is 17.4 Å². The zero-order chi connectivity index (χ0) is 23.5. The number of hydrogen-bond acceptors (Lipinski definition) is 6. The number of amidine groups is 1. The van der Waals surface area contributed by atoms with E-state index in [2.05, 4.69) is 20.6 Å². The number of rotatable bonds is 8. The first-order chi connectivity index (χ1) is 15.9. The number of carbonyl (C=O) groups is 3. The third-order valence-corrected chi connectivity index (χ3v) is 5.49. The van der Waals surface area contributed by atoms with Crippen LogP contribution in [0.4, 0.5) is 0 Å². The highest BCUT2D eigenvalue weighted by Crippen LogP contribution is 2.19. The van der Waals surface area contributed by atoms with Gasteiger partial charge in [0, 0.05) is 5.56 Å². The minimum Gasteiger partial charge on any atom is -0.434 e. The average Bonchev–Trinajstić information content (AvgIpc) is 3.37. The molecule has 1 aliphatic rings. The summed E-state index contributed by atoms with van der Waals surface area (Å²) in [6.07, 6.45) is 0.828. The zero-order valence-corrected chi connectivity index (χ0v) is 18.8. The van der Waals surface area contributed by atoms with Crippen molar-refractivity contribution in [1.29, 1.82) is 0 Å². The highest BCUT2D eigenvalue weighted by atomic mass is 16.4. The van der Waals surface area contributed by atoms with Gasteiger partial charge in [-0.05, 0) is 37.0 Å². The van der Waals surface area contributed by atoms with E-state index in [1.165, 1.54) is 0 Å². The number of para-hydroxylation sites is 2. The number of oxazole rings is 1. The third-order valence-electron chi connectivity index (χ3n) is 5.49. The second kappa shape index (κ2) is 9.36. The minimum atomic E-state index is -0.800. The fraction of sp³-hybridized carbons (Fsp3) is 0.320. The van der Waals surface area contributed by atoms with Crippen molar-refractivity contribution in [2.24, 2.45) is 10.9 Å². The van der Waals surface area contributed by atoms with Crippen molar-refractivity contribution in [2.75, 3.05) is 0 Å². The van der Waals surface area contributed by atoms with Crippen LogP contribution < -0.4 is 10.6 Å². The van der Waals surface area contributed by atoms with Gasteiger partial charge >= 0.3 is 0 Å². The van der Waals surface area contributed by atoms with Crippen molar-refractivity contribution in [2.45, 2.75) is 45.7 Å². The van der Waals surface area contributed by atoms with Gasteiger partial charge in [-0.1, -0.05) is 51.1 Å². The molecule has 1 unspecified atom stereocenters. The first-order valence-electron chi connectivity index (χ1n) is 11.1. The Labute approximate surface area is 191 Å². The van der Waals surface area contributed by atoms with E-state index in [0.717, 1.165) is 0 Å². The Hall–Kier alpha value is -3.81. The molecular weight excluding hydrogens is 420 g/mol. The SMILES string of the molecule is CC[C@H](NC(=O)C(CC(C)C)N=C1NC(=O)c2ccccc21)C(=O)c1nc2ccccc2o1. The van der Waals surface area contributed by atoms with Crippen molar-refractivity contribution in [3.8, 4) is 0 Å². The maximum Gasteiger partial charge on any atom is 0.266 e. The molecule has 2 aromatic carbocycles. The van der Waals surface area contributed by atoms with Crippen LogP contribution in [0.5, 0.6) is 0 Å². The first-order valence-corrected chi connectivity index (χ1v) is 11.1. The molecule has 3 aromatic rings. The molecule has 8 heteroatoms. The highest BCUT2D eigenvalue weighted by Gasteiger charge is 2.31. The second-order valence-corrected chi connectivity index (χ2v) is 8.44. The number of carbonyl (C=O) groups excluding carboxylic acids is 3. The van der Waals surface area contributed by atoms with Gasteiger partial charge in [-0.2, -0.15) is 0 Å². The number of Topliss-reactive ketones (excluding diaryl/α,β-unsaturated/α-hetero) is 1. The van der Waals surface area contributed by atoms with E-state index in [4.69, 9.17) is 4.42 Å². The molecule has 4 rings (SSSR count). The number of fused-ring (bicyclic) bond motifs is 2. The molecule has 0 saturated heterocycles. The Morgan fingerprint density at radius 2 is 1.79 bits per heavy atom. The Morgan fingerprint density at radius 1 is 1.09 bits per heavy atom. The minimum absolute atomic E-state index is 0.0351. The van der Waals surface area contributed by atoms with E-state index in [0.29, 0.717) is 40.9 Å². The fourth-order valence-corrected chi connectivity index (χ4v) is 3.80. The molecule has 0 spiro atoms. The number of nitrogens with one attached hydrogen (secondary N) is 2. The van der Waals surface area contributed by atoms with E-state index < -0.39 is 17.9 Å². The molecule has 0 aliphatic carbocycles. The molecule has 33 heavy (non-hydrogen) atoms. The molecule has 0 fully saturated rings. The van der Waals surface area contributed by atoms with Gasteiger partial charge < -0.3 is 15.1 Å². The maximum absolute atomic E-state index is 13.2. The van der Waals surface area contributed by atoms with E-state index in [1.807, 2.05) is 32.9 Å². The van der Waals surface area contributed by atoms with Crippen LogP contribution in [0.2, 0.25) is 0 Å². The summed E-state index contributed by atoms with van der Waals surface area (Å²) in [5.41, 5.74) is 2.29. The predicted octanol–water partition coefficient (Wildman–Crippen LogP) is 3.51. The van der Waals surface area contributed by atoms with Gasteiger partial charge in [0.25, 0.3) is 11.8 Å². The van der Waals surface area contributed by atoms with Crippen molar-refractivity contribution in [3.63, 3.8) is 0 Å². The zero-order valence-electron chi connectivity index (χ0n) is 18.8. The first kappa shape index (κ1) is 22.4. The van der Waals surface area contributed by atoms with Gasteiger partial charge in [-0.3, -0.25) is 19.4 Å². The Bertz CT molecular complexity index is 1210. The molecule has 0 saturated carbocycles. The normalized spacial score (nSPS) is 16.0. The van der Waals surface area contributed by atoms with Crippen LogP contribution in [0.25, 0.3) is 11.1 Å². The van der Waals surface area contributed by atoms with Crippen LogP contribution in [-0.2, 0) is 4.79 Å². The van der Waals surface area contributed by atoms with Gasteiger partial charge in [-0.25, -0.2) is 4.98 Å². The lowest BCUT2D eigenvalue weighted by molar-refractivity contribution is -0.123. The summed E-state index contributed by atoms with van der Waals surface area (Å²) >= 11 is 0. The Morgan fingerprint density at radius 3 is 2.48 bits per heavy atom. The molecule has 1 aromatic heterocycles. The van der Waals surface area contributed by atoms with Crippen LogP contribution in [0, 0.1) is 5.92 Å². The summed E-state index contributed by atoms with van der Waals surface area (Å²) in [5, 5.41) is 5.56. The molecule has 8 nitrogen and oxygen atoms in total. The summed E-state index contributed by atoms with van der Waals surface area (Å²) in [4.78, 5) is 47.3. The van der Waals surface area contributed by atoms with Crippen molar-refractivity contribution in [1.82, 2.24) is 15.6 Å². The Kier molecular flexibility index (Phi) is 6.35. The lowest BCUT2D eigenvalue weighted by Gasteiger charge is -2.20. The molecule has 170 valence electrons. The molecule has 2 heterocycles. The highest BCUT2D eigenvalue weighted by molar-refractivity contribution is 6.23. The van der Waals surface area contributed by atoms with E-state index >= 15 is 0 Å². The summed E-state index contributed by atoms with van der Waals surface area (Å²) in [6.45, 7) is 5.78. The lowest BCUT2D eigenvalue weighted by atomic mass is 10.0. The summed E-state index contributed by atoms with van der Waals surface area (Å²) < 4.78 is 5.59. The third kappa shape index (κ3) is 4.69. The number of aliphatic imine (C=N–C) groups is 1. The van der Waals surface area contributed by atoms with Gasteiger partial charge in [0.15, 0.2) is 5.58 Å². The van der Waals surface area contributed by atoms with Crippen LogP contribution in [0.1, 0.15) is 60.2 Å². The van der Waals surface area contributed by atoms with E-state index in [9.17, 15) is 14.4 Å². The maximum atomic E-state index is 13.2. The number of amides is 2. The smallest absolute Gasteiger partial charge is 0.266 e. The molecule has 2 N–H and O–H groups in total. The van der Waals surface area contributed by atoms with Crippen LogP contribution in [0.3, 0.4) is 0 Å². The number of benzene rings is 2. The largest absolute Gasteiger partial charge is 0.434 e. The molecule has 0 bridgehead atoms. The average molecular weight is 447 g/mol. The quantitative estimate of drug-likeness (QED) is 0.514. The number of aromatic nitrogens is 1. The topological polar surface area (TPSA) is 114 Å². The van der Waals surface area contributed by atoms with Crippen molar-refractivity contribution >= 4 is 34.5 Å². The standard InChI is InChI=1S/C25H26N4O4/c1-4-17(21(30)25-28-18-11-7-8-12-20(18)33-25)27-24(32)19(13-14(2)3)26-22-15-9-5-6-10-16(15)23(31)29-22/h5-12,14,17,19H,4,13H2,1-3H3,(H,27,32)(H,26,29,31)/t17-,19?/m0/s1. The molecule has 0 radical (unpaired) electrons. The van der Waals surface area contributed by atoms with Crippen molar-refractivity contribution in [3.05, 3.63) is 65.5 Å². The van der Waals surface area contributed by atoms with Crippen LogP contribution in [0.15, 0.2) is 57.9 Å². The van der Waals surface area contributed by atoms with E-state index in [1.54, 1.807) is 36.4 Å². The van der Waals surface area contributed by atoms with Crippen LogP contribution in [-0.4, -0.2) is 40.5 Å². The monoisotopic (exact) mass is 446 g/mol. The van der Waals surface area contributed by atoms with Gasteiger partial charge in [-0.15, -0.1) is 0 Å². The molecule has 2 amide bonds. The fourth-order valence-electron chi connectivity index (χ4n) is 3.80. The predicted molar refractivity (Wildman–Crippen MR) is 124 cm³/mol. The lowest BCUT2D eigenvalue weighted by Crippen LogP contribution is -2.45. The second-order valence-electron chi connectivity index (χ2n) is 8.44. The number of nitrogens with zero attached hydrogens (tertiary/aromatic N) is 2. The van der Waals surface area contributed by atoms with Gasteiger partial charge in [0.05, 0.1) is 11.6 Å². The molecular formula is C25H26N4O4. The van der Waals surface area contributed by atoms with Gasteiger partial charge in [0.2, 0.25) is 11.7 Å². The van der Waals surface area contributed by atoms with Crippen LogP contribution >= 0.6 is 0 Å². The molecule has 1 aliphatic heterocycles. The summed E-state index contributed by atoms with van der Waals surface area (Å²) in [5.74, 6) is -0.513. The number of ketones is 1. The van der Waals surface area contributed by atoms with E-state index in [-0.39, 0.29) is 23.6 Å².